The van der Waals surface area contributed by atoms with Crippen LogP contribution in [-0.4, -0.2) is 18.9 Å². The molecule has 4 heteroatoms. The Kier molecular flexibility index (Phi) is 4.03. The number of thiophene rings is 1. The lowest BCUT2D eigenvalue weighted by Gasteiger charge is -2.10. The maximum absolute atomic E-state index is 12.0. The molecule has 1 aromatic heterocycles. The van der Waals surface area contributed by atoms with Crippen LogP contribution < -0.4 is 0 Å². The van der Waals surface area contributed by atoms with Crippen LogP contribution in [0.5, 0.6) is 0 Å². The molecule has 1 heterocycles. The van der Waals surface area contributed by atoms with E-state index in [1.165, 1.54) is 18.4 Å². The maximum Gasteiger partial charge on any atom is 0.316 e. The van der Waals surface area contributed by atoms with Gasteiger partial charge in [-0.15, -0.1) is 11.3 Å². The van der Waals surface area contributed by atoms with Crippen molar-refractivity contribution < 1.29 is 14.3 Å². The van der Waals surface area contributed by atoms with Gasteiger partial charge in [0.05, 0.1) is 12.0 Å². The van der Waals surface area contributed by atoms with Gasteiger partial charge in [-0.3, -0.25) is 9.59 Å². The Balaban J connectivity index is 2.92. The fourth-order valence-electron chi connectivity index (χ4n) is 1.38. The number of carbonyl (C=O) groups excluding carboxylic acids is 2. The lowest BCUT2D eigenvalue weighted by atomic mass is 9.99. The average Bonchev–Trinajstić information content (AvgIpc) is 2.65. The number of esters is 1. The van der Waals surface area contributed by atoms with E-state index in [0.29, 0.717) is 11.3 Å². The van der Waals surface area contributed by atoms with E-state index >= 15 is 0 Å². The van der Waals surface area contributed by atoms with Crippen LogP contribution in [-0.2, 0) is 9.53 Å². The highest BCUT2D eigenvalue weighted by molar-refractivity contribution is 7.12. The van der Waals surface area contributed by atoms with Gasteiger partial charge < -0.3 is 4.74 Å². The molecule has 0 saturated carbocycles. The van der Waals surface area contributed by atoms with Gasteiger partial charge in [-0.05, 0) is 30.4 Å². The van der Waals surface area contributed by atoms with Crippen LogP contribution in [0.15, 0.2) is 11.4 Å². The second kappa shape index (κ2) is 5.07. The molecule has 0 aliphatic heterocycles. The maximum atomic E-state index is 12.0. The van der Waals surface area contributed by atoms with Gasteiger partial charge in [-0.2, -0.15) is 0 Å². The zero-order chi connectivity index (χ0) is 11.4. The molecule has 0 spiro atoms. The van der Waals surface area contributed by atoms with Gasteiger partial charge in [0.15, 0.2) is 5.78 Å². The Morgan fingerprint density at radius 1 is 1.53 bits per heavy atom. The molecular weight excluding hydrogens is 212 g/mol. The largest absolute Gasteiger partial charge is 0.468 e. The van der Waals surface area contributed by atoms with Crippen molar-refractivity contribution in [1.82, 2.24) is 0 Å². The molecule has 15 heavy (non-hydrogen) atoms. The standard InChI is InChI=1S/C11H14O3S/c1-4-8(11(13)14-3)9(12)10-7(2)5-6-15-10/h5-6,8H,4H2,1-3H3. The molecule has 1 rings (SSSR count). The lowest BCUT2D eigenvalue weighted by Crippen LogP contribution is -2.24. The number of methoxy groups -OCH3 is 1. The molecule has 0 radical (unpaired) electrons. The molecule has 0 fully saturated rings. The summed E-state index contributed by atoms with van der Waals surface area (Å²) in [5.74, 6) is -1.24. The van der Waals surface area contributed by atoms with Crippen molar-refractivity contribution in [3.63, 3.8) is 0 Å². The van der Waals surface area contributed by atoms with Crippen molar-refractivity contribution in [3.8, 4) is 0 Å². The van der Waals surface area contributed by atoms with Gasteiger partial charge in [-0.1, -0.05) is 6.92 Å². The van der Waals surface area contributed by atoms with Crippen LogP contribution in [0.3, 0.4) is 0 Å². The molecule has 0 amide bonds. The van der Waals surface area contributed by atoms with E-state index < -0.39 is 11.9 Å². The number of hydrogen-bond acceptors (Lipinski definition) is 4. The number of carbonyl (C=O) groups is 2. The average molecular weight is 226 g/mol. The molecule has 0 saturated heterocycles. The van der Waals surface area contributed by atoms with Crippen molar-refractivity contribution >= 4 is 23.1 Å². The Morgan fingerprint density at radius 3 is 2.60 bits per heavy atom. The third-order valence-electron chi connectivity index (χ3n) is 2.30. The van der Waals surface area contributed by atoms with Crippen molar-refractivity contribution in [1.29, 1.82) is 0 Å². The van der Waals surface area contributed by atoms with E-state index in [2.05, 4.69) is 4.74 Å². The summed E-state index contributed by atoms with van der Waals surface area (Å²) in [6.07, 6.45) is 0.475. The molecule has 0 aliphatic rings. The first kappa shape index (κ1) is 11.9. The summed E-state index contributed by atoms with van der Waals surface area (Å²) in [6, 6.07) is 1.88. The minimum Gasteiger partial charge on any atom is -0.468 e. The third kappa shape index (κ3) is 2.45. The van der Waals surface area contributed by atoms with Crippen LogP contribution in [0.2, 0.25) is 0 Å². The summed E-state index contributed by atoms with van der Waals surface area (Å²) in [5.41, 5.74) is 0.923. The first-order chi connectivity index (χ1) is 7.11. The Bertz CT molecular complexity index is 368. The third-order valence-corrected chi connectivity index (χ3v) is 3.33. The monoisotopic (exact) mass is 226 g/mol. The van der Waals surface area contributed by atoms with E-state index in [1.807, 2.05) is 25.3 Å². The van der Waals surface area contributed by atoms with E-state index in [0.717, 1.165) is 5.56 Å². The van der Waals surface area contributed by atoms with E-state index in [4.69, 9.17) is 0 Å². The summed E-state index contributed by atoms with van der Waals surface area (Å²) >= 11 is 1.37. The Morgan fingerprint density at radius 2 is 2.20 bits per heavy atom. The fourth-order valence-corrected chi connectivity index (χ4v) is 2.31. The minimum absolute atomic E-state index is 0.128. The molecule has 1 unspecified atom stereocenters. The van der Waals surface area contributed by atoms with Crippen molar-refractivity contribution in [3.05, 3.63) is 21.9 Å². The van der Waals surface area contributed by atoms with Crippen LogP contribution in [0.25, 0.3) is 0 Å². The predicted octanol–water partition coefficient (Wildman–Crippen LogP) is 2.44. The molecular formula is C11H14O3S. The number of hydrogen-bond donors (Lipinski definition) is 0. The molecule has 82 valence electrons. The van der Waals surface area contributed by atoms with Gasteiger partial charge in [0, 0.05) is 0 Å². The second-order valence-corrected chi connectivity index (χ2v) is 4.20. The minimum atomic E-state index is -0.660. The predicted molar refractivity (Wildman–Crippen MR) is 59.2 cm³/mol. The summed E-state index contributed by atoms with van der Waals surface area (Å²) in [6.45, 7) is 3.68. The highest BCUT2D eigenvalue weighted by Gasteiger charge is 2.28. The van der Waals surface area contributed by atoms with Gasteiger partial charge in [0.2, 0.25) is 0 Å². The molecule has 1 atom stereocenters. The number of Topliss-reactive ketones (excluding diaryl/α,β-unsaturated/α-hetero) is 1. The zero-order valence-electron chi connectivity index (χ0n) is 9.07. The first-order valence-electron chi connectivity index (χ1n) is 4.78. The Labute approximate surface area is 93.1 Å². The van der Waals surface area contributed by atoms with E-state index in [1.54, 1.807) is 0 Å². The van der Waals surface area contributed by atoms with Crippen molar-refractivity contribution in [2.45, 2.75) is 20.3 Å². The lowest BCUT2D eigenvalue weighted by molar-refractivity contribution is -0.143. The molecule has 0 bridgehead atoms. The Hall–Kier alpha value is -1.16. The van der Waals surface area contributed by atoms with E-state index in [-0.39, 0.29) is 5.78 Å². The molecule has 0 aromatic carbocycles. The first-order valence-corrected chi connectivity index (χ1v) is 5.65. The molecule has 3 nitrogen and oxygen atoms in total. The molecule has 0 aliphatic carbocycles. The number of rotatable bonds is 4. The fraction of sp³-hybridized carbons (Fsp3) is 0.455. The van der Waals surface area contributed by atoms with E-state index in [9.17, 15) is 9.59 Å². The van der Waals surface area contributed by atoms with Crippen LogP contribution in [0, 0.1) is 12.8 Å². The van der Waals surface area contributed by atoms with Gasteiger partial charge in [0.25, 0.3) is 0 Å². The van der Waals surface area contributed by atoms with Crippen LogP contribution >= 0.6 is 11.3 Å². The molecule has 1 aromatic rings. The normalized spacial score (nSPS) is 12.2. The number of ketones is 1. The van der Waals surface area contributed by atoms with Crippen molar-refractivity contribution in [2.75, 3.05) is 7.11 Å². The van der Waals surface area contributed by atoms with Crippen LogP contribution in [0.4, 0.5) is 0 Å². The second-order valence-electron chi connectivity index (χ2n) is 3.28. The van der Waals surface area contributed by atoms with Crippen molar-refractivity contribution in [2.24, 2.45) is 5.92 Å². The highest BCUT2D eigenvalue weighted by atomic mass is 32.1. The smallest absolute Gasteiger partial charge is 0.316 e. The molecule has 0 N–H and O–H groups in total. The van der Waals surface area contributed by atoms with Gasteiger partial charge in [0.1, 0.15) is 5.92 Å². The number of ether oxygens (including phenoxy) is 1. The SMILES string of the molecule is CCC(C(=O)OC)C(=O)c1sccc1C. The highest BCUT2D eigenvalue weighted by Crippen LogP contribution is 2.22. The summed E-state index contributed by atoms with van der Waals surface area (Å²) in [5, 5.41) is 1.85. The topological polar surface area (TPSA) is 43.4 Å². The van der Waals surface area contributed by atoms with Gasteiger partial charge >= 0.3 is 5.97 Å². The van der Waals surface area contributed by atoms with Crippen LogP contribution in [0.1, 0.15) is 28.6 Å². The summed E-state index contributed by atoms with van der Waals surface area (Å²) in [4.78, 5) is 24.0. The van der Waals surface area contributed by atoms with Gasteiger partial charge in [-0.25, -0.2) is 0 Å². The zero-order valence-corrected chi connectivity index (χ0v) is 9.89. The number of aryl methyl sites for hydroxylation is 1. The summed E-state index contributed by atoms with van der Waals surface area (Å²) in [7, 11) is 1.31. The quantitative estimate of drug-likeness (QED) is 0.450. The summed E-state index contributed by atoms with van der Waals surface area (Å²) < 4.78 is 4.61.